The number of aliphatic imine (C=N–C) groups is 1. The summed E-state index contributed by atoms with van der Waals surface area (Å²) >= 11 is 9.08. The maximum Gasteiger partial charge on any atom is 0.168 e. The fourth-order valence-corrected chi connectivity index (χ4v) is 3.61. The first-order valence-corrected chi connectivity index (χ1v) is 8.41. The molecule has 0 aliphatic carbocycles. The third-order valence-electron chi connectivity index (χ3n) is 2.55. The van der Waals surface area contributed by atoms with E-state index in [4.69, 9.17) is 18.0 Å². The van der Waals surface area contributed by atoms with Crippen molar-refractivity contribution in [2.45, 2.75) is 0 Å². The van der Waals surface area contributed by atoms with E-state index in [2.05, 4.69) is 55.5 Å². The number of thiocarbonyl (C=S) groups is 1. The average molecular weight is 523 g/mol. The Morgan fingerprint density at radius 2 is 1.90 bits per heavy atom. The van der Waals surface area contributed by atoms with Crippen molar-refractivity contribution in [2.24, 2.45) is 10.7 Å². The summed E-state index contributed by atoms with van der Waals surface area (Å²) in [4.78, 5) is 4.36. The maximum atomic E-state index is 10.0. The van der Waals surface area contributed by atoms with Crippen LogP contribution < -0.4 is 11.1 Å². The van der Waals surface area contributed by atoms with Crippen LogP contribution in [0.3, 0.4) is 0 Å². The van der Waals surface area contributed by atoms with Gasteiger partial charge >= 0.3 is 0 Å². The van der Waals surface area contributed by atoms with E-state index in [0.29, 0.717) is 5.56 Å². The molecule has 2 rings (SSSR count). The Morgan fingerprint density at radius 3 is 2.52 bits per heavy atom. The van der Waals surface area contributed by atoms with Crippen LogP contribution in [0.1, 0.15) is 5.56 Å². The summed E-state index contributed by atoms with van der Waals surface area (Å²) in [6, 6.07) is 11.1. The summed E-state index contributed by atoms with van der Waals surface area (Å²) < 4.78 is 1.85. The molecule has 21 heavy (non-hydrogen) atoms. The number of aromatic hydroxyl groups is 1. The van der Waals surface area contributed by atoms with Crippen LogP contribution in [0.5, 0.6) is 5.75 Å². The molecule has 0 aliphatic heterocycles. The molecule has 0 aromatic heterocycles. The fraction of sp³-hybridized carbons (Fsp3) is 0. The Morgan fingerprint density at radius 1 is 1.24 bits per heavy atom. The normalized spacial score (nSPS) is 10.8. The van der Waals surface area contributed by atoms with E-state index in [0.717, 1.165) is 18.5 Å². The Kier molecular flexibility index (Phi) is 5.76. The van der Waals surface area contributed by atoms with Crippen LogP contribution in [0.2, 0.25) is 0 Å². The first-order chi connectivity index (χ1) is 9.95. The molecule has 0 amide bonds. The Balaban J connectivity index is 2.20. The molecule has 4 nitrogen and oxygen atoms in total. The van der Waals surface area contributed by atoms with E-state index in [1.54, 1.807) is 6.21 Å². The van der Waals surface area contributed by atoms with Crippen molar-refractivity contribution >= 4 is 80.1 Å². The lowest BCUT2D eigenvalue weighted by atomic mass is 10.2. The van der Waals surface area contributed by atoms with Gasteiger partial charge in [-0.3, -0.25) is 4.99 Å². The monoisotopic (exact) mass is 523 g/mol. The third kappa shape index (κ3) is 4.78. The van der Waals surface area contributed by atoms with Gasteiger partial charge in [-0.05, 0) is 93.8 Å². The Bertz CT molecular complexity index is 702. The first kappa shape index (κ1) is 16.4. The first-order valence-electron chi connectivity index (χ1n) is 5.84. The molecule has 0 aliphatic rings. The quantitative estimate of drug-likeness (QED) is 0.323. The van der Waals surface area contributed by atoms with Crippen molar-refractivity contribution < 1.29 is 5.11 Å². The summed E-state index contributed by atoms with van der Waals surface area (Å²) in [6.45, 7) is 0. The molecule has 0 atom stereocenters. The second-order valence-electron chi connectivity index (χ2n) is 4.12. The predicted molar refractivity (Wildman–Crippen MR) is 108 cm³/mol. The minimum atomic E-state index is 0.226. The molecule has 0 spiro atoms. The van der Waals surface area contributed by atoms with Crippen molar-refractivity contribution in [3.8, 4) is 5.75 Å². The molecule has 108 valence electrons. The number of halogens is 2. The fourth-order valence-electron chi connectivity index (χ4n) is 1.60. The largest absolute Gasteiger partial charge is 0.506 e. The highest BCUT2D eigenvalue weighted by atomic mass is 127. The standard InChI is InChI=1S/C14H11I2N3OS/c15-9-5-8(13(20)12(16)6-9)7-18-10-1-3-11(4-2-10)19-14(17)21/h1-7,20H,(H3,17,19,21). The van der Waals surface area contributed by atoms with Gasteiger partial charge in [0.2, 0.25) is 0 Å². The summed E-state index contributed by atoms with van der Waals surface area (Å²) in [7, 11) is 0. The van der Waals surface area contributed by atoms with Gasteiger partial charge in [-0.15, -0.1) is 0 Å². The van der Waals surface area contributed by atoms with Crippen LogP contribution in [0.25, 0.3) is 0 Å². The molecule has 2 aromatic rings. The smallest absolute Gasteiger partial charge is 0.168 e. The van der Waals surface area contributed by atoms with Gasteiger partial charge in [-0.2, -0.15) is 0 Å². The maximum absolute atomic E-state index is 10.0. The molecule has 0 radical (unpaired) electrons. The molecule has 0 fully saturated rings. The number of phenols is 1. The van der Waals surface area contributed by atoms with E-state index >= 15 is 0 Å². The van der Waals surface area contributed by atoms with Gasteiger partial charge in [-0.25, -0.2) is 0 Å². The number of rotatable bonds is 3. The zero-order chi connectivity index (χ0) is 15.4. The van der Waals surface area contributed by atoms with Crippen molar-refractivity contribution in [2.75, 3.05) is 5.32 Å². The lowest BCUT2D eigenvalue weighted by Gasteiger charge is -2.04. The highest BCUT2D eigenvalue weighted by molar-refractivity contribution is 14.1. The van der Waals surface area contributed by atoms with Crippen LogP contribution >= 0.6 is 57.4 Å². The molecular formula is C14H11I2N3OS. The van der Waals surface area contributed by atoms with Crippen molar-refractivity contribution in [3.63, 3.8) is 0 Å². The molecule has 0 bridgehead atoms. The van der Waals surface area contributed by atoms with Crippen LogP contribution in [-0.4, -0.2) is 16.4 Å². The second kappa shape index (κ2) is 7.36. The molecule has 7 heteroatoms. The van der Waals surface area contributed by atoms with Gasteiger partial charge in [0.1, 0.15) is 5.75 Å². The second-order valence-corrected chi connectivity index (χ2v) is 6.97. The molecular weight excluding hydrogens is 512 g/mol. The number of nitrogens with two attached hydrogens (primary N) is 1. The van der Waals surface area contributed by atoms with Gasteiger partial charge in [0.15, 0.2) is 5.11 Å². The minimum absolute atomic E-state index is 0.226. The summed E-state index contributed by atoms with van der Waals surface area (Å²) in [5.74, 6) is 0.242. The number of hydrogen-bond acceptors (Lipinski definition) is 3. The van der Waals surface area contributed by atoms with Crippen LogP contribution in [0.15, 0.2) is 41.4 Å². The number of phenolic OH excluding ortho intramolecular Hbond substituents is 1. The highest BCUT2D eigenvalue weighted by Crippen LogP contribution is 2.26. The lowest BCUT2D eigenvalue weighted by Crippen LogP contribution is -2.18. The van der Waals surface area contributed by atoms with E-state index in [9.17, 15) is 5.11 Å². The lowest BCUT2D eigenvalue weighted by molar-refractivity contribution is 0.470. The van der Waals surface area contributed by atoms with Gasteiger partial charge in [0.05, 0.1) is 9.26 Å². The van der Waals surface area contributed by atoms with E-state index in [1.165, 1.54) is 0 Å². The van der Waals surface area contributed by atoms with Gasteiger partial charge in [-0.1, -0.05) is 0 Å². The van der Waals surface area contributed by atoms with Crippen LogP contribution in [0, 0.1) is 7.14 Å². The molecule has 2 aromatic carbocycles. The van der Waals surface area contributed by atoms with Crippen molar-refractivity contribution in [1.29, 1.82) is 0 Å². The SMILES string of the molecule is NC(=S)Nc1ccc(N=Cc2cc(I)cc(I)c2O)cc1. The molecule has 0 saturated heterocycles. The van der Waals surface area contributed by atoms with Crippen molar-refractivity contribution in [3.05, 3.63) is 49.1 Å². The summed E-state index contributed by atoms with van der Waals surface area (Å²) in [5, 5.41) is 13.1. The van der Waals surface area contributed by atoms with Gasteiger partial charge in [0.25, 0.3) is 0 Å². The van der Waals surface area contributed by atoms with Crippen LogP contribution in [-0.2, 0) is 0 Å². The van der Waals surface area contributed by atoms with E-state index in [1.807, 2.05) is 36.4 Å². The number of hydrogen-bond donors (Lipinski definition) is 3. The highest BCUT2D eigenvalue weighted by Gasteiger charge is 2.05. The predicted octanol–water partition coefficient (Wildman–Crippen LogP) is 4.01. The summed E-state index contributed by atoms with van der Waals surface area (Å²) in [6.07, 6.45) is 1.65. The van der Waals surface area contributed by atoms with E-state index in [-0.39, 0.29) is 10.9 Å². The number of nitrogens with zero attached hydrogens (tertiary/aromatic N) is 1. The summed E-state index contributed by atoms with van der Waals surface area (Å²) in [5.41, 5.74) is 7.68. The number of anilines is 1. The van der Waals surface area contributed by atoms with E-state index < -0.39 is 0 Å². The van der Waals surface area contributed by atoms with Gasteiger partial charge < -0.3 is 16.2 Å². The molecule has 4 N–H and O–H groups in total. The average Bonchev–Trinajstić information content (AvgIpc) is 2.42. The van der Waals surface area contributed by atoms with Crippen LogP contribution in [0.4, 0.5) is 11.4 Å². The zero-order valence-electron chi connectivity index (χ0n) is 10.7. The van der Waals surface area contributed by atoms with Crippen molar-refractivity contribution in [1.82, 2.24) is 0 Å². The third-order valence-corrected chi connectivity index (χ3v) is 4.09. The van der Waals surface area contributed by atoms with Gasteiger partial charge in [0, 0.05) is 21.0 Å². The minimum Gasteiger partial charge on any atom is -0.506 e. The number of nitrogens with one attached hydrogen (secondary N) is 1. The zero-order valence-corrected chi connectivity index (χ0v) is 15.8. The number of benzene rings is 2. The Hall–Kier alpha value is -0.940. The molecule has 0 unspecified atom stereocenters. The Labute approximate surface area is 155 Å². The topological polar surface area (TPSA) is 70.6 Å². The molecule has 0 saturated carbocycles. The molecule has 0 heterocycles.